The molecule has 7 nitrogen and oxygen atoms in total. The Morgan fingerprint density at radius 2 is 2.07 bits per heavy atom. The van der Waals surface area contributed by atoms with Crippen LogP contribution >= 0.6 is 27.5 Å². The van der Waals surface area contributed by atoms with Crippen molar-refractivity contribution in [3.8, 4) is 5.75 Å². The second kappa shape index (κ2) is 8.79. The maximum absolute atomic E-state index is 12.9. The van der Waals surface area contributed by atoms with Crippen LogP contribution < -0.4 is 4.74 Å². The average Bonchev–Trinajstić information content (AvgIpc) is 3.23. The number of ether oxygens (including phenoxy) is 1. The van der Waals surface area contributed by atoms with Gasteiger partial charge in [0.1, 0.15) is 18.1 Å². The highest BCUT2D eigenvalue weighted by molar-refractivity contribution is 9.10. The molecule has 28 heavy (non-hydrogen) atoms. The van der Waals surface area contributed by atoms with Crippen molar-refractivity contribution in [3.05, 3.63) is 62.7 Å². The van der Waals surface area contributed by atoms with Crippen LogP contribution in [-0.4, -0.2) is 32.8 Å². The fourth-order valence-electron chi connectivity index (χ4n) is 2.60. The van der Waals surface area contributed by atoms with E-state index in [1.54, 1.807) is 43.1 Å². The Labute approximate surface area is 176 Å². The predicted molar refractivity (Wildman–Crippen MR) is 108 cm³/mol. The first kappa shape index (κ1) is 20.4. The first-order valence-corrected chi connectivity index (χ1v) is 9.87. The molecule has 0 N–H and O–H groups in total. The number of carbonyl (C=O) groups is 1. The lowest BCUT2D eigenvalue weighted by Gasteiger charge is -2.15. The molecule has 0 aliphatic heterocycles. The molecule has 0 radical (unpaired) electrons. The van der Waals surface area contributed by atoms with Crippen LogP contribution in [0.1, 0.15) is 34.4 Å². The maximum atomic E-state index is 12.9. The number of benzene rings is 1. The van der Waals surface area contributed by atoms with Gasteiger partial charge in [-0.25, -0.2) is 0 Å². The Bertz CT molecular complexity index is 968. The summed E-state index contributed by atoms with van der Waals surface area (Å²) >= 11 is 9.37. The molecule has 0 bridgehead atoms. The topological polar surface area (TPSA) is 73.4 Å². The van der Waals surface area contributed by atoms with Gasteiger partial charge in [0.15, 0.2) is 5.69 Å². The molecule has 0 spiro atoms. The van der Waals surface area contributed by atoms with Crippen molar-refractivity contribution >= 4 is 33.4 Å². The van der Waals surface area contributed by atoms with E-state index in [4.69, 9.17) is 20.9 Å². The number of rotatable bonds is 7. The van der Waals surface area contributed by atoms with Gasteiger partial charge in [-0.15, -0.1) is 0 Å². The predicted octanol–water partition coefficient (Wildman–Crippen LogP) is 4.47. The summed E-state index contributed by atoms with van der Waals surface area (Å²) < 4.78 is 13.7. The molecule has 0 fully saturated rings. The zero-order valence-electron chi connectivity index (χ0n) is 15.8. The van der Waals surface area contributed by atoms with E-state index in [1.807, 2.05) is 17.8 Å². The fraction of sp³-hybridized carbons (Fsp3) is 0.316. The van der Waals surface area contributed by atoms with Crippen LogP contribution in [-0.2, 0) is 19.7 Å². The average molecular weight is 468 g/mol. The third-order valence-electron chi connectivity index (χ3n) is 4.23. The third kappa shape index (κ3) is 4.56. The van der Waals surface area contributed by atoms with E-state index in [0.717, 1.165) is 16.7 Å². The van der Waals surface area contributed by atoms with Crippen molar-refractivity contribution < 1.29 is 14.1 Å². The van der Waals surface area contributed by atoms with Crippen LogP contribution in [0.25, 0.3) is 0 Å². The molecule has 2 heterocycles. The molecule has 148 valence electrons. The fourth-order valence-corrected chi connectivity index (χ4v) is 3.17. The van der Waals surface area contributed by atoms with Gasteiger partial charge in [0.2, 0.25) is 0 Å². The summed E-state index contributed by atoms with van der Waals surface area (Å²) in [6, 6.07) is 7.01. The Kier molecular flexibility index (Phi) is 6.41. The van der Waals surface area contributed by atoms with Crippen molar-refractivity contribution in [2.24, 2.45) is 0 Å². The van der Waals surface area contributed by atoms with Gasteiger partial charge in [-0.2, -0.15) is 5.10 Å². The molecule has 3 aromatic rings. The number of hydrogen-bond acceptors (Lipinski definition) is 5. The minimum absolute atomic E-state index is 0.167. The molecule has 0 saturated heterocycles. The van der Waals surface area contributed by atoms with Crippen LogP contribution in [0.3, 0.4) is 0 Å². The summed E-state index contributed by atoms with van der Waals surface area (Å²) in [5.41, 5.74) is 1.63. The lowest BCUT2D eigenvalue weighted by Crippen LogP contribution is -2.28. The molecule has 1 aromatic carbocycles. The highest BCUT2D eigenvalue weighted by atomic mass is 79.9. The number of nitrogens with zero attached hydrogens (tertiary/aromatic N) is 4. The zero-order valence-corrected chi connectivity index (χ0v) is 18.1. The van der Waals surface area contributed by atoms with Gasteiger partial charge in [0.25, 0.3) is 5.91 Å². The summed E-state index contributed by atoms with van der Waals surface area (Å²) in [5.74, 6) is 0.928. The molecule has 2 aromatic heterocycles. The van der Waals surface area contributed by atoms with E-state index in [9.17, 15) is 4.79 Å². The van der Waals surface area contributed by atoms with Crippen LogP contribution in [0.4, 0.5) is 0 Å². The van der Waals surface area contributed by atoms with Gasteiger partial charge in [-0.1, -0.05) is 16.8 Å². The number of aryl methyl sites for hydroxylation is 2. The molecule has 0 aliphatic carbocycles. The second-order valence-electron chi connectivity index (χ2n) is 6.25. The van der Waals surface area contributed by atoms with Gasteiger partial charge in [0, 0.05) is 24.8 Å². The van der Waals surface area contributed by atoms with Crippen molar-refractivity contribution in [1.82, 2.24) is 19.8 Å². The number of carbonyl (C=O) groups excluding carboxylic acids is 1. The minimum Gasteiger partial charge on any atom is -0.489 e. The Morgan fingerprint density at radius 3 is 2.71 bits per heavy atom. The first-order chi connectivity index (χ1) is 13.4. The van der Waals surface area contributed by atoms with Crippen LogP contribution in [0, 0.1) is 6.92 Å². The quantitative estimate of drug-likeness (QED) is 0.513. The number of hydrogen-bond donors (Lipinski definition) is 0. The normalized spacial score (nSPS) is 10.9. The van der Waals surface area contributed by atoms with E-state index in [-0.39, 0.29) is 18.2 Å². The van der Waals surface area contributed by atoms with Crippen molar-refractivity contribution in [2.75, 3.05) is 7.05 Å². The summed E-state index contributed by atoms with van der Waals surface area (Å²) in [6.07, 6.45) is 1.89. The van der Waals surface area contributed by atoms with Gasteiger partial charge in [-0.05, 0) is 54.0 Å². The Balaban J connectivity index is 1.72. The number of amides is 1. The highest BCUT2D eigenvalue weighted by Gasteiger charge is 2.24. The Hall–Kier alpha value is -2.32. The van der Waals surface area contributed by atoms with Crippen molar-refractivity contribution in [2.45, 2.75) is 33.5 Å². The van der Waals surface area contributed by atoms with Gasteiger partial charge < -0.3 is 14.2 Å². The molecule has 9 heteroatoms. The van der Waals surface area contributed by atoms with E-state index in [1.165, 1.54) is 0 Å². The van der Waals surface area contributed by atoms with Crippen molar-refractivity contribution in [3.63, 3.8) is 0 Å². The lowest BCUT2D eigenvalue weighted by atomic mass is 10.2. The smallest absolute Gasteiger partial charge is 0.276 e. The SMILES string of the molecule is CCn1cc(Br)c(CN(C)C(=O)c2noc(C)c2COc2ccc(Cl)cc2)n1. The van der Waals surface area contributed by atoms with E-state index in [0.29, 0.717) is 28.6 Å². The number of aromatic nitrogens is 3. The summed E-state index contributed by atoms with van der Waals surface area (Å²) in [5, 5.41) is 9.02. The molecule has 3 rings (SSSR count). The van der Waals surface area contributed by atoms with Gasteiger partial charge in [-0.3, -0.25) is 9.48 Å². The van der Waals surface area contributed by atoms with Gasteiger partial charge >= 0.3 is 0 Å². The third-order valence-corrected chi connectivity index (χ3v) is 5.14. The van der Waals surface area contributed by atoms with Crippen LogP contribution in [0.2, 0.25) is 5.02 Å². The standard InChI is InChI=1S/C19H20BrClN4O3/c1-4-25-9-16(20)17(22-25)10-24(3)19(26)18-15(12(2)28-23-18)11-27-14-7-5-13(21)6-8-14/h5-9H,4,10-11H2,1-3H3. The van der Waals surface area contributed by atoms with Crippen molar-refractivity contribution in [1.29, 1.82) is 0 Å². The van der Waals surface area contributed by atoms with Gasteiger partial charge in [0.05, 0.1) is 22.3 Å². The molecular weight excluding hydrogens is 448 g/mol. The summed E-state index contributed by atoms with van der Waals surface area (Å²) in [4.78, 5) is 14.5. The molecule has 0 saturated carbocycles. The lowest BCUT2D eigenvalue weighted by molar-refractivity contribution is 0.0770. The monoisotopic (exact) mass is 466 g/mol. The zero-order chi connectivity index (χ0) is 20.3. The minimum atomic E-state index is -0.260. The van der Waals surface area contributed by atoms with E-state index in [2.05, 4.69) is 26.2 Å². The molecule has 0 aliphatic rings. The summed E-state index contributed by atoms with van der Waals surface area (Å²) in [7, 11) is 1.70. The first-order valence-electron chi connectivity index (χ1n) is 8.69. The van der Waals surface area contributed by atoms with Crippen LogP contribution in [0.5, 0.6) is 5.75 Å². The molecule has 1 amide bonds. The van der Waals surface area contributed by atoms with E-state index < -0.39 is 0 Å². The largest absolute Gasteiger partial charge is 0.489 e. The van der Waals surface area contributed by atoms with E-state index >= 15 is 0 Å². The molecular formula is C19H20BrClN4O3. The molecule has 0 unspecified atom stereocenters. The second-order valence-corrected chi connectivity index (χ2v) is 7.54. The van der Waals surface area contributed by atoms with Crippen LogP contribution in [0.15, 0.2) is 39.5 Å². The molecule has 0 atom stereocenters. The maximum Gasteiger partial charge on any atom is 0.276 e. The summed E-state index contributed by atoms with van der Waals surface area (Å²) in [6.45, 7) is 5.02. The Morgan fingerprint density at radius 1 is 1.36 bits per heavy atom. The number of halogens is 2. The highest BCUT2D eigenvalue weighted by Crippen LogP contribution is 2.22.